The van der Waals surface area contributed by atoms with Crippen LogP contribution in [0.5, 0.6) is 0 Å². The zero-order valence-electron chi connectivity index (χ0n) is 40.7. The van der Waals surface area contributed by atoms with E-state index < -0.39 is 199 Å². The Morgan fingerprint density at radius 1 is 0.521 bits per heavy atom. The minimum Gasteiger partial charge on any atom is -0.464 e. The number of carbonyl (C=O) groups excluding carboxylic acids is 10. The molecule has 0 spiro atoms. The van der Waals surface area contributed by atoms with Crippen molar-refractivity contribution in [3.8, 4) is 0 Å². The predicted molar refractivity (Wildman–Crippen MR) is 232 cm³/mol. The Kier molecular flexibility index (Phi) is 24.9. The summed E-state index contributed by atoms with van der Waals surface area (Å²) >= 11 is 0. The van der Waals surface area contributed by atoms with Crippen LogP contribution in [0.3, 0.4) is 0 Å². The summed E-state index contributed by atoms with van der Waals surface area (Å²) in [4.78, 5) is 164. The minimum absolute atomic E-state index is 0.660. The van der Waals surface area contributed by atoms with Gasteiger partial charge in [0.2, 0.25) is 5.91 Å². The molecular formula is C39H61N3O29P2. The van der Waals surface area contributed by atoms with Gasteiger partial charge in [-0.3, -0.25) is 57.1 Å². The van der Waals surface area contributed by atoms with Crippen LogP contribution in [0.25, 0.3) is 0 Å². The first-order chi connectivity index (χ1) is 33.6. The summed E-state index contributed by atoms with van der Waals surface area (Å²) in [5.74, 6) is -10.8. The van der Waals surface area contributed by atoms with Crippen molar-refractivity contribution in [2.75, 3.05) is 26.4 Å². The van der Waals surface area contributed by atoms with Crippen molar-refractivity contribution in [1.82, 2.24) is 5.32 Å². The van der Waals surface area contributed by atoms with Gasteiger partial charge in [0.15, 0.2) is 48.5 Å². The zero-order valence-corrected chi connectivity index (χ0v) is 42.5. The van der Waals surface area contributed by atoms with E-state index in [9.17, 15) is 76.6 Å². The normalized spacial score (nSPS) is 25.8. The van der Waals surface area contributed by atoms with Crippen LogP contribution in [0, 0.1) is 0 Å². The van der Waals surface area contributed by atoms with E-state index in [1.165, 1.54) is 0 Å². The molecule has 73 heavy (non-hydrogen) atoms. The fourth-order valence-electron chi connectivity index (χ4n) is 7.09. The van der Waals surface area contributed by atoms with Crippen LogP contribution in [0.4, 0.5) is 0 Å². The van der Waals surface area contributed by atoms with E-state index in [2.05, 4.69) is 5.32 Å². The van der Waals surface area contributed by atoms with E-state index in [1.54, 1.807) is 0 Å². The SMILES string of the molecule is CC(=O)OCC(NC(=O)CC(P(=O)(O)O)P(=O)(O)O)[C@@H](OC(C)=O)[C@H](O[C@@H]1OC(COC(C)=O)[C@@H](O[C@@H]2OC(COC(C)=O)[C@@H](OC(C)=O)[C@H](OC(C)=O)C2N)[C@H](OC(C)=O)C1N)C(COC(C)=O)OC(C)=O. The second-order valence-electron chi connectivity index (χ2n) is 16.1. The van der Waals surface area contributed by atoms with Gasteiger partial charge < -0.3 is 97.9 Å². The number of ether oxygens (including phenoxy) is 13. The highest BCUT2D eigenvalue weighted by atomic mass is 31.2. The predicted octanol–water partition coefficient (Wildman–Crippen LogP) is -3.67. The molecule has 416 valence electrons. The summed E-state index contributed by atoms with van der Waals surface area (Å²) in [5.41, 5.74) is 13.2. The van der Waals surface area contributed by atoms with Gasteiger partial charge in [-0.2, -0.15) is 0 Å². The fraction of sp³-hybridized carbons (Fsp3) is 0.744. The van der Waals surface area contributed by atoms with Crippen molar-refractivity contribution in [2.45, 2.75) is 160 Å². The molecule has 0 aliphatic carbocycles. The third kappa shape index (κ3) is 21.3. The Morgan fingerprint density at radius 3 is 1.37 bits per heavy atom. The molecule has 14 atom stereocenters. The monoisotopic (exact) mass is 1100 g/mol. The van der Waals surface area contributed by atoms with E-state index in [1.807, 2.05) is 0 Å². The summed E-state index contributed by atoms with van der Waals surface area (Å²) in [7, 11) is -11.5. The lowest BCUT2D eigenvalue weighted by Gasteiger charge is -2.49. The molecule has 0 bridgehead atoms. The molecule has 2 aliphatic heterocycles. The molecule has 9 N–H and O–H groups in total. The zero-order chi connectivity index (χ0) is 55.9. The lowest BCUT2D eigenvalue weighted by atomic mass is 9.94. The van der Waals surface area contributed by atoms with Gasteiger partial charge in [0.25, 0.3) is 0 Å². The molecule has 0 aromatic carbocycles. The number of nitrogens with two attached hydrogens (primary N) is 2. The van der Waals surface area contributed by atoms with Crippen LogP contribution in [0.15, 0.2) is 0 Å². The molecule has 0 saturated carbocycles. The average Bonchev–Trinajstić information content (AvgIpc) is 3.22. The molecule has 0 aromatic heterocycles. The molecule has 32 nitrogen and oxygen atoms in total. The van der Waals surface area contributed by atoms with Crippen LogP contribution < -0.4 is 16.8 Å². The number of esters is 9. The van der Waals surface area contributed by atoms with E-state index in [4.69, 9.17) is 73.0 Å². The summed E-state index contributed by atoms with van der Waals surface area (Å²) < 4.78 is 96.7. The number of hydrogen-bond acceptors (Lipinski definition) is 27. The van der Waals surface area contributed by atoms with E-state index >= 15 is 0 Å². The van der Waals surface area contributed by atoms with Gasteiger partial charge in [-0.1, -0.05) is 0 Å². The molecule has 2 heterocycles. The van der Waals surface area contributed by atoms with Crippen molar-refractivity contribution in [1.29, 1.82) is 0 Å². The van der Waals surface area contributed by atoms with Crippen LogP contribution in [0.1, 0.15) is 68.7 Å². The van der Waals surface area contributed by atoms with Gasteiger partial charge in [0.1, 0.15) is 56.9 Å². The third-order valence-electron chi connectivity index (χ3n) is 9.89. The molecule has 2 fully saturated rings. The number of rotatable bonds is 25. The van der Waals surface area contributed by atoms with Gasteiger partial charge >= 0.3 is 68.9 Å². The topological polar surface area (TPSA) is 470 Å². The first-order valence-corrected chi connectivity index (χ1v) is 24.9. The Labute approximate surface area is 415 Å². The second kappa shape index (κ2) is 28.4. The lowest BCUT2D eigenvalue weighted by molar-refractivity contribution is -0.340. The number of carbonyl (C=O) groups is 10. The molecule has 0 radical (unpaired) electrons. The molecule has 0 aromatic rings. The Balaban J connectivity index is 2.94. The molecule has 34 heteroatoms. The number of hydrogen-bond donors (Lipinski definition) is 7. The maximum atomic E-state index is 13.5. The van der Waals surface area contributed by atoms with Crippen LogP contribution in [-0.4, -0.2) is 197 Å². The number of amides is 1. The first kappa shape index (κ1) is 63.9. The van der Waals surface area contributed by atoms with Crippen LogP contribution >= 0.6 is 15.2 Å². The molecule has 2 saturated heterocycles. The van der Waals surface area contributed by atoms with Gasteiger partial charge in [-0.15, -0.1) is 0 Å². The van der Waals surface area contributed by atoms with E-state index in [0.717, 1.165) is 62.3 Å². The average molecular weight is 1100 g/mol. The standard InChI is InChI=1S/C39H61N3O29P2/c1-15(43)59-11-24(42-28(52)10-29(72(53,54)55)73(56,57)58)32(64-20(6)48)33(25(63-19(5)47)12-60-16(2)44)70-38-31(41)37(67-23(9)51)35(27(69-38)14-62-18(4)46)71-39-30(40)36(66-22(8)50)34(65-21(7)49)26(68-39)13-61-17(3)45/h24-27,29-39H,10-14,40-41H2,1-9H3,(H,42,52)(H2,53,54,55)(H2,56,57,58)/t24?,25?,26?,27?,30?,31?,32-,33-,34-,35-,36-,37-,38+,39+/m1/s1. The maximum Gasteiger partial charge on any atom is 0.341 e. The van der Waals surface area contributed by atoms with Gasteiger partial charge in [0, 0.05) is 62.3 Å². The summed E-state index contributed by atoms with van der Waals surface area (Å²) in [6, 6.07) is -5.54. The molecule has 6 unspecified atom stereocenters. The molecule has 2 aliphatic rings. The largest absolute Gasteiger partial charge is 0.464 e. The highest BCUT2D eigenvalue weighted by molar-refractivity contribution is 7.70. The third-order valence-corrected chi connectivity index (χ3v) is 13.6. The Bertz CT molecular complexity index is 2080. The summed E-state index contributed by atoms with van der Waals surface area (Å²) in [6.07, 6.45) is -22.1. The van der Waals surface area contributed by atoms with Crippen molar-refractivity contribution < 1.29 is 138 Å². The van der Waals surface area contributed by atoms with Crippen LogP contribution in [0.2, 0.25) is 0 Å². The highest BCUT2D eigenvalue weighted by Gasteiger charge is 2.56. The Morgan fingerprint density at radius 2 is 0.932 bits per heavy atom. The fourth-order valence-corrected chi connectivity index (χ4v) is 9.47. The van der Waals surface area contributed by atoms with Gasteiger partial charge in [0.05, 0.1) is 18.5 Å². The molecule has 1 amide bonds. The smallest absolute Gasteiger partial charge is 0.341 e. The quantitative estimate of drug-likeness (QED) is 0.0263. The summed E-state index contributed by atoms with van der Waals surface area (Å²) in [5, 5.41) is -0.836. The van der Waals surface area contributed by atoms with Crippen LogP contribution in [-0.2, 0) is 119 Å². The van der Waals surface area contributed by atoms with Gasteiger partial charge in [-0.25, -0.2) is 0 Å². The number of nitrogens with one attached hydrogen (secondary N) is 1. The van der Waals surface area contributed by atoms with Crippen molar-refractivity contribution in [3.05, 3.63) is 0 Å². The Hall–Kier alpha value is -5.24. The van der Waals surface area contributed by atoms with E-state index in [-0.39, 0.29) is 0 Å². The summed E-state index contributed by atoms with van der Waals surface area (Å²) in [6.45, 7) is 4.78. The van der Waals surface area contributed by atoms with Gasteiger partial charge in [-0.05, 0) is 0 Å². The highest BCUT2D eigenvalue weighted by Crippen LogP contribution is 2.61. The molecular weight excluding hydrogens is 1040 g/mol. The van der Waals surface area contributed by atoms with Crippen molar-refractivity contribution >= 4 is 74.8 Å². The molecule has 2 rings (SSSR count). The first-order valence-electron chi connectivity index (χ1n) is 21.5. The van der Waals surface area contributed by atoms with Crippen molar-refractivity contribution in [2.24, 2.45) is 11.5 Å². The maximum absolute atomic E-state index is 13.5. The van der Waals surface area contributed by atoms with E-state index in [0.29, 0.717) is 0 Å². The lowest BCUT2D eigenvalue weighted by Crippen LogP contribution is -2.70. The van der Waals surface area contributed by atoms with Crippen molar-refractivity contribution in [3.63, 3.8) is 0 Å². The second-order valence-corrected chi connectivity index (χ2v) is 20.1. The minimum atomic E-state index is -5.76.